The molecule has 0 radical (unpaired) electrons. The second-order valence-corrected chi connectivity index (χ2v) is 9.74. The first-order valence-electron chi connectivity index (χ1n) is 6.94. The molecule has 0 aliphatic heterocycles. The Labute approximate surface area is 110 Å². The smallest absolute Gasteiger partial charge is 0.379 e. The highest BCUT2D eigenvalue weighted by molar-refractivity contribution is 6.84. The molecule has 0 saturated heterocycles. The fourth-order valence-electron chi connectivity index (χ4n) is 5.36. The highest BCUT2D eigenvalue weighted by Gasteiger charge is 2.84. The van der Waals surface area contributed by atoms with E-state index in [2.05, 4.69) is 30.3 Å². The van der Waals surface area contributed by atoms with E-state index >= 15 is 0 Å². The maximum absolute atomic E-state index is 6.12. The van der Waals surface area contributed by atoms with Crippen molar-refractivity contribution in [3.8, 4) is 0 Å². The van der Waals surface area contributed by atoms with Crippen LogP contribution in [0.3, 0.4) is 0 Å². The molecule has 2 nitrogen and oxygen atoms in total. The summed E-state index contributed by atoms with van der Waals surface area (Å²) in [6.07, 6.45) is 4.21. The number of hydrogen-bond acceptors (Lipinski definition) is 2. The van der Waals surface area contributed by atoms with Crippen molar-refractivity contribution >= 4 is 13.7 Å². The Balaban J connectivity index is 1.83. The highest BCUT2D eigenvalue weighted by atomic mass is 28.4. The quantitative estimate of drug-likeness (QED) is 0.774. The molecular formula is C15H20O2Si. The molecule has 96 valence electrons. The Morgan fingerprint density at radius 2 is 1.67 bits per heavy atom. The van der Waals surface area contributed by atoms with Crippen molar-refractivity contribution in [2.45, 2.75) is 24.3 Å². The topological polar surface area (TPSA) is 18.5 Å². The molecule has 0 amide bonds. The van der Waals surface area contributed by atoms with E-state index < -0.39 is 8.56 Å². The summed E-state index contributed by atoms with van der Waals surface area (Å²) in [5.41, 5.74) is 0. The van der Waals surface area contributed by atoms with Gasteiger partial charge in [-0.3, -0.25) is 0 Å². The van der Waals surface area contributed by atoms with Crippen LogP contribution in [0.5, 0.6) is 0 Å². The van der Waals surface area contributed by atoms with Gasteiger partial charge in [-0.2, -0.15) is 0 Å². The van der Waals surface area contributed by atoms with Gasteiger partial charge in [0.25, 0.3) is 0 Å². The van der Waals surface area contributed by atoms with Gasteiger partial charge in [0.1, 0.15) is 0 Å². The molecule has 4 fully saturated rings. The number of benzene rings is 1. The van der Waals surface area contributed by atoms with Gasteiger partial charge in [-0.25, -0.2) is 0 Å². The normalized spacial score (nSPS) is 40.2. The van der Waals surface area contributed by atoms with Crippen LogP contribution < -0.4 is 5.19 Å². The summed E-state index contributed by atoms with van der Waals surface area (Å²) in [5, 5.41) is 1.73. The van der Waals surface area contributed by atoms with E-state index in [1.165, 1.54) is 24.4 Å². The molecule has 4 aliphatic rings. The van der Waals surface area contributed by atoms with E-state index in [1.807, 2.05) is 14.2 Å². The van der Waals surface area contributed by atoms with Crippen molar-refractivity contribution in [3.05, 3.63) is 30.3 Å². The monoisotopic (exact) mass is 260 g/mol. The molecule has 0 N–H and O–H groups in total. The molecule has 1 aromatic carbocycles. The zero-order chi connectivity index (χ0) is 12.4. The van der Waals surface area contributed by atoms with E-state index in [0.29, 0.717) is 5.04 Å². The SMILES string of the molecule is CO[Si](OC)(c1ccccc1)C12CC3C[C@@H]1[C@@H]2C3. The van der Waals surface area contributed by atoms with Crippen molar-refractivity contribution in [1.29, 1.82) is 0 Å². The maximum atomic E-state index is 6.12. The van der Waals surface area contributed by atoms with Crippen LogP contribution in [0.1, 0.15) is 19.3 Å². The van der Waals surface area contributed by atoms with Gasteiger partial charge in [0, 0.05) is 19.3 Å². The van der Waals surface area contributed by atoms with Crippen LogP contribution in [0, 0.1) is 17.8 Å². The fourth-order valence-corrected chi connectivity index (χ4v) is 10.0. The standard InChI is InChI=1S/C15H20O2Si/c1-16-18(17-2,12-6-4-3-5-7-12)15-10-11-8-13(15)14(15)9-11/h3-7,11,13-14H,8-10H2,1-2H3/t11?,13-,14+,15?. The minimum atomic E-state index is -2.26. The summed E-state index contributed by atoms with van der Waals surface area (Å²) < 4.78 is 12.2. The third-order valence-electron chi connectivity index (χ3n) is 5.84. The highest BCUT2D eigenvalue weighted by Crippen LogP contribution is 2.87. The Hall–Kier alpha value is -0.643. The molecule has 0 spiro atoms. The predicted molar refractivity (Wildman–Crippen MR) is 72.9 cm³/mol. The largest absolute Gasteiger partial charge is 0.394 e. The molecular weight excluding hydrogens is 240 g/mol. The molecule has 1 aromatic rings. The predicted octanol–water partition coefficient (Wildman–Crippen LogP) is 2.43. The lowest BCUT2D eigenvalue weighted by Gasteiger charge is -2.35. The third-order valence-corrected chi connectivity index (χ3v) is 10.3. The van der Waals surface area contributed by atoms with Gasteiger partial charge in [-0.1, -0.05) is 30.3 Å². The molecule has 0 heterocycles. The lowest BCUT2D eigenvalue weighted by Crippen LogP contribution is -2.57. The van der Waals surface area contributed by atoms with E-state index in [1.54, 1.807) is 0 Å². The first kappa shape index (κ1) is 11.2. The summed E-state index contributed by atoms with van der Waals surface area (Å²) in [6, 6.07) is 10.7. The van der Waals surface area contributed by atoms with Crippen LogP contribution in [-0.2, 0) is 8.85 Å². The molecule has 3 heteroatoms. The van der Waals surface area contributed by atoms with Gasteiger partial charge >= 0.3 is 8.56 Å². The van der Waals surface area contributed by atoms with Crippen LogP contribution in [0.2, 0.25) is 5.04 Å². The Bertz CT molecular complexity index is 457. The number of rotatable bonds is 4. The van der Waals surface area contributed by atoms with Gasteiger partial charge in [0.2, 0.25) is 0 Å². The average Bonchev–Trinajstić information content (AvgIpc) is 2.90. The van der Waals surface area contributed by atoms with E-state index in [4.69, 9.17) is 8.85 Å². The van der Waals surface area contributed by atoms with Crippen molar-refractivity contribution in [2.24, 2.45) is 17.8 Å². The molecule has 0 aromatic heterocycles. The molecule has 2 unspecified atom stereocenters. The fraction of sp³-hybridized carbons (Fsp3) is 0.600. The zero-order valence-electron chi connectivity index (χ0n) is 11.1. The summed E-state index contributed by atoms with van der Waals surface area (Å²) >= 11 is 0. The van der Waals surface area contributed by atoms with Gasteiger partial charge < -0.3 is 8.85 Å². The Morgan fingerprint density at radius 1 is 1.06 bits per heavy atom. The summed E-state index contributed by atoms with van der Waals surface area (Å²) in [5.74, 6) is 2.75. The van der Waals surface area contributed by atoms with Crippen LogP contribution in [-0.4, -0.2) is 22.8 Å². The van der Waals surface area contributed by atoms with Crippen LogP contribution in [0.25, 0.3) is 0 Å². The van der Waals surface area contributed by atoms with E-state index in [0.717, 1.165) is 17.8 Å². The first-order valence-corrected chi connectivity index (χ1v) is 8.76. The van der Waals surface area contributed by atoms with Gasteiger partial charge in [-0.05, 0) is 42.2 Å². The molecule has 4 aliphatic carbocycles. The molecule has 4 saturated carbocycles. The Morgan fingerprint density at radius 3 is 2.11 bits per heavy atom. The number of hydrogen-bond donors (Lipinski definition) is 0. The minimum Gasteiger partial charge on any atom is -0.394 e. The van der Waals surface area contributed by atoms with Gasteiger partial charge in [0.05, 0.1) is 0 Å². The molecule has 18 heavy (non-hydrogen) atoms. The van der Waals surface area contributed by atoms with Crippen LogP contribution in [0.15, 0.2) is 30.3 Å². The van der Waals surface area contributed by atoms with Crippen molar-refractivity contribution in [2.75, 3.05) is 14.2 Å². The first-order chi connectivity index (χ1) is 8.78. The van der Waals surface area contributed by atoms with E-state index in [9.17, 15) is 0 Å². The van der Waals surface area contributed by atoms with Gasteiger partial charge in [0.15, 0.2) is 0 Å². The second kappa shape index (κ2) is 3.47. The summed E-state index contributed by atoms with van der Waals surface area (Å²) in [7, 11) is 1.47. The van der Waals surface area contributed by atoms with Crippen LogP contribution in [0.4, 0.5) is 0 Å². The minimum absolute atomic E-state index is 0.405. The molecule has 4 bridgehead atoms. The molecule has 5 rings (SSSR count). The Kier molecular flexibility index (Phi) is 2.16. The third kappa shape index (κ3) is 1.03. The van der Waals surface area contributed by atoms with Gasteiger partial charge in [-0.15, -0.1) is 0 Å². The summed E-state index contributed by atoms with van der Waals surface area (Å²) in [4.78, 5) is 0. The maximum Gasteiger partial charge on any atom is 0.379 e. The zero-order valence-corrected chi connectivity index (χ0v) is 12.1. The van der Waals surface area contributed by atoms with Crippen LogP contribution >= 0.6 is 0 Å². The summed E-state index contributed by atoms with van der Waals surface area (Å²) in [6.45, 7) is 0. The lowest BCUT2D eigenvalue weighted by atomic mass is 10.1. The average molecular weight is 260 g/mol. The van der Waals surface area contributed by atoms with Crippen molar-refractivity contribution in [1.82, 2.24) is 0 Å². The van der Waals surface area contributed by atoms with Crippen molar-refractivity contribution < 1.29 is 8.85 Å². The van der Waals surface area contributed by atoms with E-state index in [-0.39, 0.29) is 0 Å². The lowest BCUT2D eigenvalue weighted by molar-refractivity contribution is 0.237. The van der Waals surface area contributed by atoms with Crippen molar-refractivity contribution in [3.63, 3.8) is 0 Å². The second-order valence-electron chi connectivity index (χ2n) is 6.19. The molecule has 4 atom stereocenters.